The maximum atomic E-state index is 12.7. The van der Waals surface area contributed by atoms with Gasteiger partial charge in [-0.05, 0) is 25.1 Å². The van der Waals surface area contributed by atoms with E-state index in [1.807, 2.05) is 0 Å². The number of carbonyl (C=O) groups is 1. The van der Waals surface area contributed by atoms with Crippen molar-refractivity contribution < 1.29 is 13.9 Å². The van der Waals surface area contributed by atoms with E-state index in [2.05, 4.69) is 22.5 Å². The number of nitrogens with zero attached hydrogens (tertiary/aromatic N) is 1. The minimum absolute atomic E-state index is 0.0281. The first kappa shape index (κ1) is 13.9. The summed E-state index contributed by atoms with van der Waals surface area (Å²) in [5, 5.41) is 5.97. The summed E-state index contributed by atoms with van der Waals surface area (Å²) in [6.45, 7) is 3.86. The fraction of sp³-hybridized carbons (Fsp3) is 0.538. The highest BCUT2D eigenvalue weighted by molar-refractivity contribution is 5.92. The molecule has 2 rings (SSSR count). The third-order valence-corrected chi connectivity index (χ3v) is 3.05. The Morgan fingerprint density at radius 2 is 2.37 bits per heavy atom. The van der Waals surface area contributed by atoms with Crippen molar-refractivity contribution in [3.63, 3.8) is 0 Å². The molecule has 2 heterocycles. The zero-order valence-corrected chi connectivity index (χ0v) is 10.9. The second-order valence-corrected chi connectivity index (χ2v) is 4.56. The van der Waals surface area contributed by atoms with E-state index in [9.17, 15) is 9.18 Å². The summed E-state index contributed by atoms with van der Waals surface area (Å²) in [6, 6.07) is 2.73. The van der Waals surface area contributed by atoms with E-state index < -0.39 is 5.82 Å². The van der Waals surface area contributed by atoms with Crippen molar-refractivity contribution in [2.24, 2.45) is 5.92 Å². The van der Waals surface area contributed by atoms with Crippen LogP contribution >= 0.6 is 0 Å². The van der Waals surface area contributed by atoms with Gasteiger partial charge in [-0.3, -0.25) is 4.79 Å². The molecule has 2 N–H and O–H groups in total. The van der Waals surface area contributed by atoms with E-state index in [0.717, 1.165) is 19.2 Å². The Hall–Kier alpha value is -1.53. The van der Waals surface area contributed by atoms with Crippen LogP contribution in [0.2, 0.25) is 0 Å². The summed E-state index contributed by atoms with van der Waals surface area (Å²) < 4.78 is 18.1. The third-order valence-electron chi connectivity index (χ3n) is 3.05. The van der Waals surface area contributed by atoms with Gasteiger partial charge in [-0.25, -0.2) is 9.37 Å². The van der Waals surface area contributed by atoms with Gasteiger partial charge in [-0.15, -0.1) is 0 Å². The summed E-state index contributed by atoms with van der Waals surface area (Å²) in [5.74, 6) is -0.458. The van der Waals surface area contributed by atoms with Crippen LogP contribution in [-0.2, 0) is 9.53 Å². The summed E-state index contributed by atoms with van der Waals surface area (Å²) >= 11 is 0. The van der Waals surface area contributed by atoms with Gasteiger partial charge in [-0.1, -0.05) is 6.92 Å². The SMILES string of the molecule is CCCNC1COCC1C(=O)Nc1ccc(F)cn1. The van der Waals surface area contributed by atoms with Crippen LogP contribution in [0.4, 0.5) is 10.2 Å². The lowest BCUT2D eigenvalue weighted by atomic mass is 10.0. The zero-order chi connectivity index (χ0) is 13.7. The molecule has 1 amide bonds. The van der Waals surface area contributed by atoms with E-state index in [1.54, 1.807) is 0 Å². The highest BCUT2D eigenvalue weighted by Gasteiger charge is 2.33. The van der Waals surface area contributed by atoms with Crippen LogP contribution in [0.15, 0.2) is 18.3 Å². The fourth-order valence-electron chi connectivity index (χ4n) is 2.01. The molecule has 2 atom stereocenters. The molecule has 0 spiro atoms. The molecule has 1 aromatic heterocycles. The van der Waals surface area contributed by atoms with Crippen molar-refractivity contribution in [1.82, 2.24) is 10.3 Å². The quantitative estimate of drug-likeness (QED) is 0.840. The van der Waals surface area contributed by atoms with Crippen LogP contribution in [0.5, 0.6) is 0 Å². The lowest BCUT2D eigenvalue weighted by Crippen LogP contribution is -2.41. The second kappa shape index (κ2) is 6.58. The Kier molecular flexibility index (Phi) is 4.81. The summed E-state index contributed by atoms with van der Waals surface area (Å²) in [5.41, 5.74) is 0. The van der Waals surface area contributed by atoms with Gasteiger partial charge in [0, 0.05) is 6.04 Å². The Morgan fingerprint density at radius 3 is 3.05 bits per heavy atom. The smallest absolute Gasteiger partial charge is 0.232 e. The summed E-state index contributed by atoms with van der Waals surface area (Å²) in [6.07, 6.45) is 2.08. The van der Waals surface area contributed by atoms with E-state index in [-0.39, 0.29) is 17.9 Å². The molecule has 104 valence electrons. The lowest BCUT2D eigenvalue weighted by Gasteiger charge is -2.18. The van der Waals surface area contributed by atoms with Gasteiger partial charge in [0.25, 0.3) is 0 Å². The minimum Gasteiger partial charge on any atom is -0.379 e. The Labute approximate surface area is 111 Å². The first-order chi connectivity index (χ1) is 9.20. The van der Waals surface area contributed by atoms with Crippen LogP contribution in [0, 0.1) is 11.7 Å². The van der Waals surface area contributed by atoms with Gasteiger partial charge in [0.05, 0.1) is 25.3 Å². The van der Waals surface area contributed by atoms with Crippen LogP contribution in [0.25, 0.3) is 0 Å². The number of pyridine rings is 1. The van der Waals surface area contributed by atoms with Crippen molar-refractivity contribution in [3.8, 4) is 0 Å². The molecule has 0 aliphatic carbocycles. The number of rotatable bonds is 5. The minimum atomic E-state index is -0.426. The topological polar surface area (TPSA) is 63.2 Å². The van der Waals surface area contributed by atoms with Crippen LogP contribution < -0.4 is 10.6 Å². The van der Waals surface area contributed by atoms with Crippen molar-refractivity contribution in [3.05, 3.63) is 24.1 Å². The van der Waals surface area contributed by atoms with E-state index in [0.29, 0.717) is 19.0 Å². The van der Waals surface area contributed by atoms with Gasteiger partial charge in [-0.2, -0.15) is 0 Å². The molecule has 6 heteroatoms. The summed E-state index contributed by atoms with van der Waals surface area (Å²) in [7, 11) is 0. The Balaban J connectivity index is 1.93. The molecule has 0 saturated carbocycles. The maximum Gasteiger partial charge on any atom is 0.232 e. The number of amides is 1. The molecular weight excluding hydrogens is 249 g/mol. The average Bonchev–Trinajstić information content (AvgIpc) is 2.87. The molecule has 1 aliphatic heterocycles. The van der Waals surface area contributed by atoms with Gasteiger partial charge >= 0.3 is 0 Å². The molecule has 1 saturated heterocycles. The van der Waals surface area contributed by atoms with Crippen molar-refractivity contribution in [2.45, 2.75) is 19.4 Å². The Bertz CT molecular complexity index is 424. The molecule has 5 nitrogen and oxygen atoms in total. The number of ether oxygens (including phenoxy) is 1. The monoisotopic (exact) mass is 267 g/mol. The van der Waals surface area contributed by atoms with E-state index >= 15 is 0 Å². The molecule has 0 aromatic carbocycles. The second-order valence-electron chi connectivity index (χ2n) is 4.56. The highest BCUT2D eigenvalue weighted by Crippen LogP contribution is 2.16. The molecule has 0 bridgehead atoms. The summed E-state index contributed by atoms with van der Waals surface area (Å²) in [4.78, 5) is 15.9. The molecular formula is C13H18FN3O2. The molecule has 0 radical (unpaired) electrons. The first-order valence-electron chi connectivity index (χ1n) is 6.44. The van der Waals surface area contributed by atoms with Crippen LogP contribution in [0.3, 0.4) is 0 Å². The largest absolute Gasteiger partial charge is 0.379 e. The number of nitrogens with one attached hydrogen (secondary N) is 2. The van der Waals surface area contributed by atoms with Crippen molar-refractivity contribution in [1.29, 1.82) is 0 Å². The van der Waals surface area contributed by atoms with E-state index in [4.69, 9.17) is 4.74 Å². The lowest BCUT2D eigenvalue weighted by molar-refractivity contribution is -0.120. The van der Waals surface area contributed by atoms with Crippen molar-refractivity contribution in [2.75, 3.05) is 25.1 Å². The molecule has 2 unspecified atom stereocenters. The van der Waals surface area contributed by atoms with Gasteiger partial charge < -0.3 is 15.4 Å². The molecule has 19 heavy (non-hydrogen) atoms. The predicted molar refractivity (Wildman–Crippen MR) is 69.2 cm³/mol. The maximum absolute atomic E-state index is 12.7. The van der Waals surface area contributed by atoms with Crippen LogP contribution in [-0.4, -0.2) is 36.7 Å². The highest BCUT2D eigenvalue weighted by atomic mass is 19.1. The van der Waals surface area contributed by atoms with Gasteiger partial charge in [0.2, 0.25) is 5.91 Å². The number of hydrogen-bond acceptors (Lipinski definition) is 4. The molecule has 1 aromatic rings. The number of halogens is 1. The molecule has 1 aliphatic rings. The Morgan fingerprint density at radius 1 is 1.53 bits per heavy atom. The van der Waals surface area contributed by atoms with Gasteiger partial charge in [0.15, 0.2) is 0 Å². The normalized spacial score (nSPS) is 22.4. The average molecular weight is 267 g/mol. The number of anilines is 1. The standard InChI is InChI=1S/C13H18FN3O2/c1-2-5-15-11-8-19-7-10(11)13(18)17-12-4-3-9(14)6-16-12/h3-4,6,10-11,15H,2,5,7-8H2,1H3,(H,16,17,18). The zero-order valence-electron chi connectivity index (χ0n) is 10.9. The van der Waals surface area contributed by atoms with Crippen molar-refractivity contribution >= 4 is 11.7 Å². The van der Waals surface area contributed by atoms with E-state index in [1.165, 1.54) is 12.1 Å². The molecule has 1 fully saturated rings. The number of carbonyl (C=O) groups excluding carboxylic acids is 1. The number of hydrogen-bond donors (Lipinski definition) is 2. The first-order valence-corrected chi connectivity index (χ1v) is 6.44. The van der Waals surface area contributed by atoms with Gasteiger partial charge in [0.1, 0.15) is 11.6 Å². The third kappa shape index (κ3) is 3.71. The predicted octanol–water partition coefficient (Wildman–Crippen LogP) is 1.17. The number of aromatic nitrogens is 1. The van der Waals surface area contributed by atoms with Crippen LogP contribution in [0.1, 0.15) is 13.3 Å². The fourth-order valence-corrected chi connectivity index (χ4v) is 2.01.